The van der Waals surface area contributed by atoms with Crippen LogP contribution in [0.25, 0.3) is 0 Å². The lowest BCUT2D eigenvalue weighted by molar-refractivity contribution is 0.236. The van der Waals surface area contributed by atoms with E-state index in [-0.39, 0.29) is 6.03 Å². The summed E-state index contributed by atoms with van der Waals surface area (Å²) in [5.74, 6) is 0. The molecule has 1 heterocycles. The van der Waals surface area contributed by atoms with E-state index in [1.165, 1.54) is 6.42 Å². The lowest BCUT2D eigenvalue weighted by atomic mass is 10.2. The van der Waals surface area contributed by atoms with Crippen molar-refractivity contribution in [3.8, 4) is 0 Å². The Hall–Kier alpha value is -1.17. The molecule has 118 valence electrons. The lowest BCUT2D eigenvalue weighted by Gasteiger charge is -2.14. The molecule has 1 aliphatic rings. The van der Waals surface area contributed by atoms with Crippen LogP contribution in [0.15, 0.2) is 0 Å². The van der Waals surface area contributed by atoms with Gasteiger partial charge in [0.15, 0.2) is 0 Å². The fraction of sp³-hybridized carbons (Fsp3) is 0.733. The van der Waals surface area contributed by atoms with Crippen molar-refractivity contribution in [1.29, 1.82) is 0 Å². The fourth-order valence-electron chi connectivity index (χ4n) is 2.99. The number of amides is 2. The van der Waals surface area contributed by atoms with Crippen LogP contribution in [0, 0.1) is 13.8 Å². The smallest absolute Gasteiger partial charge is 0.315 e. The van der Waals surface area contributed by atoms with E-state index in [1.807, 2.05) is 23.4 Å². The van der Waals surface area contributed by atoms with Crippen LogP contribution in [0.4, 0.5) is 4.79 Å². The molecule has 2 unspecified atom stereocenters. The molecular weight excluding hydrogens is 284 g/mol. The van der Waals surface area contributed by atoms with Crippen LogP contribution < -0.4 is 10.6 Å². The number of carbonyl (C=O) groups excluding carboxylic acids is 1. The number of aromatic nitrogens is 2. The molecule has 2 N–H and O–H groups in total. The van der Waals surface area contributed by atoms with Gasteiger partial charge in [0.1, 0.15) is 0 Å². The predicted molar refractivity (Wildman–Crippen MR) is 87.7 cm³/mol. The van der Waals surface area contributed by atoms with Gasteiger partial charge in [-0.2, -0.15) is 16.9 Å². The van der Waals surface area contributed by atoms with Crippen molar-refractivity contribution < 1.29 is 4.79 Å². The van der Waals surface area contributed by atoms with Crippen molar-refractivity contribution >= 4 is 17.8 Å². The van der Waals surface area contributed by atoms with Crippen LogP contribution in [0.5, 0.6) is 0 Å². The van der Waals surface area contributed by atoms with Gasteiger partial charge in [0.05, 0.1) is 5.69 Å². The quantitative estimate of drug-likeness (QED) is 0.879. The minimum absolute atomic E-state index is 0.0650. The number of hydrogen-bond donors (Lipinski definition) is 2. The topological polar surface area (TPSA) is 59.0 Å². The molecule has 6 heteroatoms. The molecule has 1 aromatic rings. The molecule has 5 nitrogen and oxygen atoms in total. The maximum Gasteiger partial charge on any atom is 0.315 e. The van der Waals surface area contributed by atoms with E-state index >= 15 is 0 Å². The SMILES string of the molecule is CCn1nc(C)c(CNC(=O)NC2CCC(SC)C2)c1C. The predicted octanol–water partition coefficient (Wildman–Crippen LogP) is 2.60. The van der Waals surface area contributed by atoms with E-state index in [0.717, 1.165) is 36.3 Å². The zero-order valence-corrected chi connectivity index (χ0v) is 14.2. The number of nitrogens with zero attached hydrogens (tertiary/aromatic N) is 2. The van der Waals surface area contributed by atoms with Crippen LogP contribution in [-0.2, 0) is 13.1 Å². The average Bonchev–Trinajstić information content (AvgIpc) is 3.02. The summed E-state index contributed by atoms with van der Waals surface area (Å²) in [4.78, 5) is 12.0. The van der Waals surface area contributed by atoms with Crippen LogP contribution in [-0.4, -0.2) is 33.4 Å². The van der Waals surface area contributed by atoms with Crippen molar-refractivity contribution in [3.63, 3.8) is 0 Å². The highest BCUT2D eigenvalue weighted by molar-refractivity contribution is 7.99. The van der Waals surface area contributed by atoms with Crippen LogP contribution in [0.3, 0.4) is 0 Å². The van der Waals surface area contributed by atoms with Gasteiger partial charge in [-0.05, 0) is 46.3 Å². The summed E-state index contributed by atoms with van der Waals surface area (Å²) < 4.78 is 1.98. The normalized spacial score (nSPS) is 21.5. The highest BCUT2D eigenvalue weighted by Crippen LogP contribution is 2.28. The summed E-state index contributed by atoms with van der Waals surface area (Å²) in [6.07, 6.45) is 5.52. The first-order chi connectivity index (χ1) is 10.0. The molecule has 0 aliphatic heterocycles. The van der Waals surface area contributed by atoms with Crippen molar-refractivity contribution in [2.24, 2.45) is 0 Å². The number of nitrogens with one attached hydrogen (secondary N) is 2. The van der Waals surface area contributed by atoms with Crippen molar-refractivity contribution in [1.82, 2.24) is 20.4 Å². The molecule has 2 amide bonds. The Morgan fingerprint density at radius 1 is 1.43 bits per heavy atom. The molecule has 0 aromatic carbocycles. The van der Waals surface area contributed by atoms with Gasteiger partial charge < -0.3 is 10.6 Å². The Bertz CT molecular complexity index is 500. The maximum atomic E-state index is 12.0. The van der Waals surface area contributed by atoms with Gasteiger partial charge in [0.2, 0.25) is 0 Å². The Balaban J connectivity index is 1.83. The third-order valence-electron chi connectivity index (χ3n) is 4.31. The fourth-order valence-corrected chi connectivity index (χ4v) is 3.78. The average molecular weight is 310 g/mol. The largest absolute Gasteiger partial charge is 0.335 e. The molecule has 1 aliphatic carbocycles. The first-order valence-electron chi connectivity index (χ1n) is 7.65. The molecule has 1 aromatic heterocycles. The van der Waals surface area contributed by atoms with Crippen LogP contribution in [0.2, 0.25) is 0 Å². The molecule has 1 fully saturated rings. The summed E-state index contributed by atoms with van der Waals surface area (Å²) in [6.45, 7) is 7.53. The number of hydrogen-bond acceptors (Lipinski definition) is 3. The van der Waals surface area contributed by atoms with Gasteiger partial charge >= 0.3 is 6.03 Å². The minimum Gasteiger partial charge on any atom is -0.335 e. The molecule has 0 bridgehead atoms. The van der Waals surface area contributed by atoms with Crippen LogP contribution >= 0.6 is 11.8 Å². The number of rotatable bonds is 5. The third-order valence-corrected chi connectivity index (χ3v) is 5.40. The van der Waals surface area contributed by atoms with Crippen molar-refractivity contribution in [3.05, 3.63) is 17.0 Å². The highest BCUT2D eigenvalue weighted by Gasteiger charge is 2.25. The van der Waals surface area contributed by atoms with Gasteiger partial charge in [-0.25, -0.2) is 4.79 Å². The Morgan fingerprint density at radius 3 is 2.76 bits per heavy atom. The minimum atomic E-state index is -0.0650. The number of thioether (sulfide) groups is 1. The molecule has 0 radical (unpaired) electrons. The standard InChI is InChI=1S/C15H26N4OS/c1-5-19-11(3)14(10(2)18-19)9-16-15(20)17-12-6-7-13(8-12)21-4/h12-13H,5-9H2,1-4H3,(H2,16,17,20). The van der Waals surface area contributed by atoms with Crippen LogP contribution in [0.1, 0.15) is 43.1 Å². The monoisotopic (exact) mass is 310 g/mol. The zero-order chi connectivity index (χ0) is 15.4. The summed E-state index contributed by atoms with van der Waals surface area (Å²) in [6, 6.07) is 0.257. The molecular formula is C15H26N4OS. The van der Waals surface area contributed by atoms with E-state index in [2.05, 4.69) is 35.8 Å². The molecule has 21 heavy (non-hydrogen) atoms. The summed E-state index contributed by atoms with van der Waals surface area (Å²) >= 11 is 1.90. The van der Waals surface area contributed by atoms with E-state index in [0.29, 0.717) is 17.8 Å². The van der Waals surface area contributed by atoms with Gasteiger partial charge in [0.25, 0.3) is 0 Å². The van der Waals surface area contributed by atoms with E-state index in [9.17, 15) is 4.79 Å². The van der Waals surface area contributed by atoms with E-state index in [1.54, 1.807) is 0 Å². The molecule has 0 saturated heterocycles. The second-order valence-corrected chi connectivity index (χ2v) is 6.80. The van der Waals surface area contributed by atoms with E-state index in [4.69, 9.17) is 0 Å². The van der Waals surface area contributed by atoms with Crippen molar-refractivity contribution in [2.75, 3.05) is 6.26 Å². The zero-order valence-electron chi connectivity index (χ0n) is 13.4. The highest BCUT2D eigenvalue weighted by atomic mass is 32.2. The molecule has 2 atom stereocenters. The summed E-state index contributed by atoms with van der Waals surface area (Å²) in [5, 5.41) is 11.2. The Labute approximate surface area is 131 Å². The number of urea groups is 1. The molecule has 1 saturated carbocycles. The Morgan fingerprint density at radius 2 is 2.19 bits per heavy atom. The lowest BCUT2D eigenvalue weighted by Crippen LogP contribution is -2.40. The number of carbonyl (C=O) groups is 1. The third kappa shape index (κ3) is 3.93. The maximum absolute atomic E-state index is 12.0. The van der Waals surface area contributed by atoms with Crippen molar-refractivity contribution in [2.45, 2.75) is 64.4 Å². The van der Waals surface area contributed by atoms with Gasteiger partial charge in [-0.3, -0.25) is 4.68 Å². The molecule has 2 rings (SSSR count). The first-order valence-corrected chi connectivity index (χ1v) is 8.94. The van der Waals surface area contributed by atoms with Gasteiger partial charge in [0, 0.05) is 35.6 Å². The van der Waals surface area contributed by atoms with Gasteiger partial charge in [-0.1, -0.05) is 0 Å². The second-order valence-electron chi connectivity index (χ2n) is 5.66. The number of aryl methyl sites for hydroxylation is 2. The Kier molecular flexibility index (Phi) is 5.56. The van der Waals surface area contributed by atoms with E-state index < -0.39 is 0 Å². The first kappa shape index (κ1) is 16.2. The second kappa shape index (κ2) is 7.20. The molecule has 0 spiro atoms. The van der Waals surface area contributed by atoms with Gasteiger partial charge in [-0.15, -0.1) is 0 Å². The summed E-state index contributed by atoms with van der Waals surface area (Å²) in [5.41, 5.74) is 3.26. The summed E-state index contributed by atoms with van der Waals surface area (Å²) in [7, 11) is 0.